The van der Waals surface area contributed by atoms with E-state index in [0.717, 1.165) is 24.4 Å². The topological polar surface area (TPSA) is 74.8 Å². The standard InChI is InChI=1S/C8H12N4O/c1-3-4-8-11-6(2)7(13-8)5-10-12-9/h3-5H2,1-2H3. The lowest BCUT2D eigenvalue weighted by Crippen LogP contribution is -1.81. The van der Waals surface area contributed by atoms with E-state index < -0.39 is 0 Å². The summed E-state index contributed by atoms with van der Waals surface area (Å²) in [5.74, 6) is 1.39. The van der Waals surface area contributed by atoms with Crippen LogP contribution in [-0.4, -0.2) is 4.98 Å². The number of azide groups is 1. The van der Waals surface area contributed by atoms with Crippen LogP contribution in [0.25, 0.3) is 10.4 Å². The highest BCUT2D eigenvalue weighted by Crippen LogP contribution is 2.12. The molecule has 0 aromatic carbocycles. The Bertz CT molecular complexity index is 325. The third-order valence-electron chi connectivity index (χ3n) is 1.68. The van der Waals surface area contributed by atoms with Crippen molar-refractivity contribution in [3.05, 3.63) is 27.8 Å². The van der Waals surface area contributed by atoms with Crippen molar-refractivity contribution in [2.75, 3.05) is 0 Å². The van der Waals surface area contributed by atoms with Crippen LogP contribution in [0, 0.1) is 6.92 Å². The van der Waals surface area contributed by atoms with Crippen molar-refractivity contribution in [3.63, 3.8) is 0 Å². The van der Waals surface area contributed by atoms with Crippen molar-refractivity contribution in [3.8, 4) is 0 Å². The van der Waals surface area contributed by atoms with Crippen molar-refractivity contribution in [1.82, 2.24) is 4.98 Å². The van der Waals surface area contributed by atoms with Crippen molar-refractivity contribution in [2.45, 2.75) is 33.2 Å². The van der Waals surface area contributed by atoms with Crippen LogP contribution in [0.2, 0.25) is 0 Å². The monoisotopic (exact) mass is 180 g/mol. The SMILES string of the molecule is CCCc1nc(C)c(CN=[N+]=[N-])o1. The summed E-state index contributed by atoms with van der Waals surface area (Å²) in [7, 11) is 0. The van der Waals surface area contributed by atoms with Crippen LogP contribution < -0.4 is 0 Å². The summed E-state index contributed by atoms with van der Waals surface area (Å²) < 4.78 is 5.38. The lowest BCUT2D eigenvalue weighted by Gasteiger charge is -1.88. The fourth-order valence-corrected chi connectivity index (χ4v) is 1.05. The van der Waals surface area contributed by atoms with Crippen LogP contribution in [-0.2, 0) is 13.0 Å². The first-order valence-electron chi connectivity index (χ1n) is 4.24. The minimum absolute atomic E-state index is 0.249. The van der Waals surface area contributed by atoms with Gasteiger partial charge in [-0.1, -0.05) is 12.0 Å². The summed E-state index contributed by atoms with van der Waals surface area (Å²) in [6.45, 7) is 4.16. The molecule has 70 valence electrons. The summed E-state index contributed by atoms with van der Waals surface area (Å²) in [5.41, 5.74) is 8.94. The molecule has 0 fully saturated rings. The molecule has 0 unspecified atom stereocenters. The predicted octanol–water partition coefficient (Wildman–Crippen LogP) is 2.75. The fraction of sp³-hybridized carbons (Fsp3) is 0.625. The van der Waals surface area contributed by atoms with Gasteiger partial charge in [0.15, 0.2) is 5.89 Å². The van der Waals surface area contributed by atoms with Crippen LogP contribution in [0.15, 0.2) is 9.53 Å². The second-order valence-electron chi connectivity index (χ2n) is 2.76. The second kappa shape index (κ2) is 4.52. The van der Waals surface area contributed by atoms with Gasteiger partial charge in [0.05, 0.1) is 12.2 Å². The van der Waals surface area contributed by atoms with Gasteiger partial charge in [-0.2, -0.15) is 0 Å². The first kappa shape index (κ1) is 9.61. The molecule has 0 amide bonds. The molecule has 0 atom stereocenters. The van der Waals surface area contributed by atoms with E-state index in [1.165, 1.54) is 0 Å². The molecule has 0 N–H and O–H groups in total. The van der Waals surface area contributed by atoms with Crippen molar-refractivity contribution < 1.29 is 4.42 Å². The van der Waals surface area contributed by atoms with Crippen molar-refractivity contribution in [2.24, 2.45) is 5.11 Å². The minimum Gasteiger partial charge on any atom is -0.445 e. The molecular formula is C8H12N4O. The van der Waals surface area contributed by atoms with Gasteiger partial charge in [0.25, 0.3) is 0 Å². The molecule has 0 aliphatic heterocycles. The molecule has 1 aromatic heterocycles. The molecule has 1 aromatic rings. The van der Waals surface area contributed by atoms with E-state index in [4.69, 9.17) is 9.95 Å². The molecule has 0 spiro atoms. The van der Waals surface area contributed by atoms with Crippen LogP contribution in [0.5, 0.6) is 0 Å². The first-order chi connectivity index (χ1) is 6.27. The van der Waals surface area contributed by atoms with Gasteiger partial charge < -0.3 is 4.42 Å². The smallest absolute Gasteiger partial charge is 0.194 e. The second-order valence-corrected chi connectivity index (χ2v) is 2.76. The number of oxazole rings is 1. The summed E-state index contributed by atoms with van der Waals surface area (Å²) in [5, 5.41) is 3.42. The van der Waals surface area contributed by atoms with Gasteiger partial charge in [0.2, 0.25) is 0 Å². The summed E-state index contributed by atoms with van der Waals surface area (Å²) >= 11 is 0. The maximum absolute atomic E-state index is 8.12. The Morgan fingerprint density at radius 1 is 1.62 bits per heavy atom. The van der Waals surface area contributed by atoms with Gasteiger partial charge in [-0.3, -0.25) is 0 Å². The minimum atomic E-state index is 0.249. The van der Waals surface area contributed by atoms with Gasteiger partial charge in [0.1, 0.15) is 5.76 Å². The Kier molecular flexibility index (Phi) is 3.34. The van der Waals surface area contributed by atoms with E-state index in [1.54, 1.807) is 0 Å². The van der Waals surface area contributed by atoms with E-state index in [9.17, 15) is 0 Å². The van der Waals surface area contributed by atoms with Gasteiger partial charge in [-0.15, -0.1) is 0 Å². The Morgan fingerprint density at radius 3 is 3.00 bits per heavy atom. The van der Waals surface area contributed by atoms with Gasteiger partial charge in [0, 0.05) is 11.3 Å². The number of rotatable bonds is 4. The Hall–Kier alpha value is -1.48. The van der Waals surface area contributed by atoms with Crippen LogP contribution in [0.3, 0.4) is 0 Å². The zero-order chi connectivity index (χ0) is 9.68. The third kappa shape index (κ3) is 2.49. The number of nitrogens with zero attached hydrogens (tertiary/aromatic N) is 4. The molecule has 0 aliphatic carbocycles. The maximum Gasteiger partial charge on any atom is 0.194 e. The van der Waals surface area contributed by atoms with Gasteiger partial charge in [-0.25, -0.2) is 4.98 Å². The average molecular weight is 180 g/mol. The molecule has 0 saturated carbocycles. The number of hydrogen-bond acceptors (Lipinski definition) is 3. The molecule has 5 nitrogen and oxygen atoms in total. The molecule has 0 bridgehead atoms. The third-order valence-corrected chi connectivity index (χ3v) is 1.68. The Balaban J connectivity index is 2.76. The first-order valence-corrected chi connectivity index (χ1v) is 4.24. The van der Waals surface area contributed by atoms with Crippen LogP contribution >= 0.6 is 0 Å². The zero-order valence-electron chi connectivity index (χ0n) is 7.82. The van der Waals surface area contributed by atoms with E-state index in [2.05, 4.69) is 21.9 Å². The summed E-state index contributed by atoms with van der Waals surface area (Å²) in [6.07, 6.45) is 1.83. The molecule has 0 aliphatic rings. The molecule has 1 heterocycles. The quantitative estimate of drug-likeness (QED) is 0.406. The Labute approximate surface area is 76.4 Å². The van der Waals surface area contributed by atoms with Crippen molar-refractivity contribution >= 4 is 0 Å². The van der Waals surface area contributed by atoms with E-state index in [0.29, 0.717) is 5.76 Å². The summed E-state index contributed by atoms with van der Waals surface area (Å²) in [4.78, 5) is 6.87. The van der Waals surface area contributed by atoms with E-state index in [1.807, 2.05) is 6.92 Å². The van der Waals surface area contributed by atoms with Gasteiger partial charge >= 0.3 is 0 Å². The largest absolute Gasteiger partial charge is 0.445 e. The lowest BCUT2D eigenvalue weighted by atomic mass is 10.3. The molecular weight excluding hydrogens is 168 g/mol. The predicted molar refractivity (Wildman–Crippen MR) is 48.1 cm³/mol. The van der Waals surface area contributed by atoms with Gasteiger partial charge in [-0.05, 0) is 18.9 Å². The highest BCUT2D eigenvalue weighted by atomic mass is 16.4. The number of aromatic nitrogens is 1. The molecule has 0 saturated heterocycles. The normalized spacial score (nSPS) is 9.69. The Morgan fingerprint density at radius 2 is 2.38 bits per heavy atom. The fourth-order valence-electron chi connectivity index (χ4n) is 1.05. The van der Waals surface area contributed by atoms with Crippen LogP contribution in [0.4, 0.5) is 0 Å². The highest BCUT2D eigenvalue weighted by molar-refractivity contribution is 5.07. The van der Waals surface area contributed by atoms with E-state index in [-0.39, 0.29) is 6.54 Å². The van der Waals surface area contributed by atoms with Crippen molar-refractivity contribution in [1.29, 1.82) is 0 Å². The lowest BCUT2D eigenvalue weighted by molar-refractivity contribution is 0.453. The van der Waals surface area contributed by atoms with Crippen LogP contribution in [0.1, 0.15) is 30.7 Å². The molecule has 5 heteroatoms. The van der Waals surface area contributed by atoms with E-state index >= 15 is 0 Å². The number of hydrogen-bond donors (Lipinski definition) is 0. The average Bonchev–Trinajstić information content (AvgIpc) is 2.44. The zero-order valence-corrected chi connectivity index (χ0v) is 7.82. The highest BCUT2D eigenvalue weighted by Gasteiger charge is 2.06. The number of aryl methyl sites for hydroxylation is 2. The maximum atomic E-state index is 8.12. The molecule has 0 radical (unpaired) electrons. The molecule has 13 heavy (non-hydrogen) atoms. The summed E-state index contributed by atoms with van der Waals surface area (Å²) in [6, 6.07) is 0. The molecule has 1 rings (SSSR count).